The van der Waals surface area contributed by atoms with Crippen LogP contribution >= 0.6 is 11.3 Å². The number of nitrogens with zero attached hydrogens (tertiary/aromatic N) is 1. The van der Waals surface area contributed by atoms with Crippen molar-refractivity contribution < 1.29 is 4.79 Å². The molecule has 0 saturated heterocycles. The second kappa shape index (κ2) is 3.06. The SMILES string of the molecule is O=C1CCC(c2ccsc2)=NN1. The van der Waals surface area contributed by atoms with E-state index >= 15 is 0 Å². The molecule has 1 aliphatic heterocycles. The smallest absolute Gasteiger partial charge is 0.240 e. The van der Waals surface area contributed by atoms with Crippen LogP contribution in [0.1, 0.15) is 18.4 Å². The quantitative estimate of drug-likeness (QED) is 0.696. The highest BCUT2D eigenvalue weighted by atomic mass is 32.1. The first-order valence-corrected chi connectivity index (χ1v) is 4.68. The molecule has 3 nitrogen and oxygen atoms in total. The van der Waals surface area contributed by atoms with Gasteiger partial charge in [0, 0.05) is 18.4 Å². The van der Waals surface area contributed by atoms with Gasteiger partial charge in [0.2, 0.25) is 5.91 Å². The van der Waals surface area contributed by atoms with Gasteiger partial charge in [-0.2, -0.15) is 16.4 Å². The Morgan fingerprint density at radius 1 is 1.50 bits per heavy atom. The number of carbonyl (C=O) groups is 1. The van der Waals surface area contributed by atoms with E-state index in [9.17, 15) is 4.79 Å². The normalized spacial score (nSPS) is 17.0. The summed E-state index contributed by atoms with van der Waals surface area (Å²) in [6.45, 7) is 0. The van der Waals surface area contributed by atoms with E-state index in [2.05, 4.69) is 10.5 Å². The molecule has 0 radical (unpaired) electrons. The first kappa shape index (κ1) is 7.49. The highest BCUT2D eigenvalue weighted by Gasteiger charge is 2.12. The third kappa shape index (κ3) is 1.38. The summed E-state index contributed by atoms with van der Waals surface area (Å²) in [5, 5.41) is 8.02. The number of amides is 1. The first-order valence-electron chi connectivity index (χ1n) is 3.74. The molecular formula is C8H8N2OS. The van der Waals surface area contributed by atoms with Crippen LogP contribution in [-0.2, 0) is 4.79 Å². The minimum atomic E-state index is 0.00831. The zero-order valence-electron chi connectivity index (χ0n) is 6.41. The van der Waals surface area contributed by atoms with E-state index in [1.807, 2.05) is 16.8 Å². The van der Waals surface area contributed by atoms with Crippen LogP contribution in [0.15, 0.2) is 21.9 Å². The number of hydrogen-bond acceptors (Lipinski definition) is 3. The van der Waals surface area contributed by atoms with Gasteiger partial charge in [0.05, 0.1) is 5.71 Å². The Bertz CT molecular complexity index is 316. The second-order valence-electron chi connectivity index (χ2n) is 2.61. The summed E-state index contributed by atoms with van der Waals surface area (Å²) in [4.78, 5) is 10.8. The van der Waals surface area contributed by atoms with Crippen molar-refractivity contribution in [3.63, 3.8) is 0 Å². The molecule has 4 heteroatoms. The molecule has 12 heavy (non-hydrogen) atoms. The van der Waals surface area contributed by atoms with Gasteiger partial charge < -0.3 is 0 Å². The van der Waals surface area contributed by atoms with E-state index in [0.29, 0.717) is 6.42 Å². The molecular weight excluding hydrogens is 172 g/mol. The Kier molecular flexibility index (Phi) is 1.91. The molecule has 1 aromatic heterocycles. The maximum Gasteiger partial charge on any atom is 0.240 e. The van der Waals surface area contributed by atoms with Gasteiger partial charge in [-0.1, -0.05) is 0 Å². The van der Waals surface area contributed by atoms with E-state index in [0.717, 1.165) is 17.7 Å². The lowest BCUT2D eigenvalue weighted by Crippen LogP contribution is -2.25. The van der Waals surface area contributed by atoms with Crippen LogP contribution in [0.5, 0.6) is 0 Å². The largest absolute Gasteiger partial charge is 0.273 e. The first-order chi connectivity index (χ1) is 5.86. The number of hydrazone groups is 1. The monoisotopic (exact) mass is 180 g/mol. The summed E-state index contributed by atoms with van der Waals surface area (Å²) in [6, 6.07) is 2.01. The van der Waals surface area contributed by atoms with Gasteiger partial charge in [0.25, 0.3) is 0 Å². The van der Waals surface area contributed by atoms with Gasteiger partial charge in [-0.25, -0.2) is 5.43 Å². The molecule has 0 fully saturated rings. The molecule has 1 aliphatic rings. The van der Waals surface area contributed by atoms with Crippen LogP contribution in [0.2, 0.25) is 0 Å². The summed E-state index contributed by atoms with van der Waals surface area (Å²) in [7, 11) is 0. The van der Waals surface area contributed by atoms with Gasteiger partial charge in [-0.05, 0) is 16.8 Å². The van der Waals surface area contributed by atoms with Crippen LogP contribution in [-0.4, -0.2) is 11.6 Å². The van der Waals surface area contributed by atoms with E-state index in [4.69, 9.17) is 0 Å². The van der Waals surface area contributed by atoms with Crippen LogP contribution in [0.25, 0.3) is 0 Å². The Labute approximate surface area is 74.1 Å². The van der Waals surface area contributed by atoms with Gasteiger partial charge >= 0.3 is 0 Å². The standard InChI is InChI=1S/C8H8N2OS/c11-8-2-1-7(9-10-8)6-3-4-12-5-6/h3-5H,1-2H2,(H,10,11). The third-order valence-corrected chi connectivity index (χ3v) is 2.44. The number of rotatable bonds is 1. The lowest BCUT2D eigenvalue weighted by atomic mass is 10.1. The van der Waals surface area contributed by atoms with Crippen molar-refractivity contribution in [1.29, 1.82) is 0 Å². The fourth-order valence-corrected chi connectivity index (χ4v) is 1.78. The van der Waals surface area contributed by atoms with Gasteiger partial charge in [0.15, 0.2) is 0 Å². The molecule has 0 bridgehead atoms. The zero-order chi connectivity index (χ0) is 8.39. The summed E-state index contributed by atoms with van der Waals surface area (Å²) in [5.41, 5.74) is 4.58. The number of carbonyl (C=O) groups excluding carboxylic acids is 1. The van der Waals surface area contributed by atoms with Crippen molar-refractivity contribution >= 4 is 23.0 Å². The Morgan fingerprint density at radius 2 is 2.42 bits per heavy atom. The minimum absolute atomic E-state index is 0.00831. The zero-order valence-corrected chi connectivity index (χ0v) is 7.23. The second-order valence-corrected chi connectivity index (χ2v) is 3.39. The molecule has 0 aromatic carbocycles. The molecule has 1 N–H and O–H groups in total. The van der Waals surface area contributed by atoms with E-state index in [-0.39, 0.29) is 5.91 Å². The number of hydrogen-bond donors (Lipinski definition) is 1. The topological polar surface area (TPSA) is 41.5 Å². The van der Waals surface area contributed by atoms with Crippen molar-refractivity contribution in [2.45, 2.75) is 12.8 Å². The van der Waals surface area contributed by atoms with Crippen molar-refractivity contribution in [2.24, 2.45) is 5.10 Å². The molecule has 2 rings (SSSR count). The lowest BCUT2D eigenvalue weighted by molar-refractivity contribution is -0.121. The van der Waals surface area contributed by atoms with Crippen LogP contribution in [0, 0.1) is 0 Å². The third-order valence-electron chi connectivity index (χ3n) is 1.76. The van der Waals surface area contributed by atoms with Gasteiger partial charge in [0.1, 0.15) is 0 Å². The summed E-state index contributed by atoms with van der Waals surface area (Å²) in [6.07, 6.45) is 1.30. The predicted octanol–water partition coefficient (Wildman–Crippen LogP) is 1.36. The summed E-state index contributed by atoms with van der Waals surface area (Å²) in [5.74, 6) is 0.00831. The van der Waals surface area contributed by atoms with Crippen LogP contribution in [0.4, 0.5) is 0 Å². The Morgan fingerprint density at radius 3 is 3.00 bits per heavy atom. The molecule has 62 valence electrons. The molecule has 0 saturated carbocycles. The molecule has 0 unspecified atom stereocenters. The summed E-state index contributed by atoms with van der Waals surface area (Å²) >= 11 is 1.64. The molecule has 2 heterocycles. The molecule has 0 spiro atoms. The maximum absolute atomic E-state index is 10.8. The maximum atomic E-state index is 10.8. The molecule has 1 amide bonds. The molecule has 0 aliphatic carbocycles. The fourth-order valence-electron chi connectivity index (χ4n) is 1.11. The summed E-state index contributed by atoms with van der Waals surface area (Å²) < 4.78 is 0. The van der Waals surface area contributed by atoms with Crippen molar-refractivity contribution in [3.05, 3.63) is 22.4 Å². The average Bonchev–Trinajstić information content (AvgIpc) is 2.58. The van der Waals surface area contributed by atoms with E-state index in [1.165, 1.54) is 0 Å². The highest BCUT2D eigenvalue weighted by molar-refractivity contribution is 7.08. The lowest BCUT2D eigenvalue weighted by Gasteiger charge is -2.09. The van der Waals surface area contributed by atoms with Crippen LogP contribution < -0.4 is 5.43 Å². The Hall–Kier alpha value is -1.16. The number of nitrogens with one attached hydrogen (secondary N) is 1. The average molecular weight is 180 g/mol. The fraction of sp³-hybridized carbons (Fsp3) is 0.250. The Balaban J connectivity index is 2.21. The van der Waals surface area contributed by atoms with E-state index < -0.39 is 0 Å². The number of thiophene rings is 1. The van der Waals surface area contributed by atoms with Crippen molar-refractivity contribution in [2.75, 3.05) is 0 Å². The van der Waals surface area contributed by atoms with Crippen LogP contribution in [0.3, 0.4) is 0 Å². The minimum Gasteiger partial charge on any atom is -0.273 e. The van der Waals surface area contributed by atoms with Crippen molar-refractivity contribution in [3.8, 4) is 0 Å². The van der Waals surface area contributed by atoms with Gasteiger partial charge in [-0.3, -0.25) is 4.79 Å². The molecule has 1 aromatic rings. The van der Waals surface area contributed by atoms with Gasteiger partial charge in [-0.15, -0.1) is 0 Å². The van der Waals surface area contributed by atoms with Crippen molar-refractivity contribution in [1.82, 2.24) is 5.43 Å². The molecule has 0 atom stereocenters. The van der Waals surface area contributed by atoms with E-state index in [1.54, 1.807) is 11.3 Å². The highest BCUT2D eigenvalue weighted by Crippen LogP contribution is 2.12. The predicted molar refractivity (Wildman–Crippen MR) is 48.2 cm³/mol.